The van der Waals surface area contributed by atoms with E-state index in [9.17, 15) is 4.79 Å². The van der Waals surface area contributed by atoms with Crippen molar-refractivity contribution in [3.8, 4) is 0 Å². The highest BCUT2D eigenvalue weighted by molar-refractivity contribution is 5.77. The van der Waals surface area contributed by atoms with Gasteiger partial charge in [0.2, 0.25) is 5.91 Å². The molecule has 0 aromatic rings. The summed E-state index contributed by atoms with van der Waals surface area (Å²) in [6, 6.07) is 0. The molecule has 0 saturated carbocycles. The molecular formula is C13H27NO2. The lowest BCUT2D eigenvalue weighted by Gasteiger charge is -2.24. The second-order valence-electron chi connectivity index (χ2n) is 5.04. The minimum atomic E-state index is -0.00887. The van der Waals surface area contributed by atoms with Gasteiger partial charge < -0.3 is 10.1 Å². The van der Waals surface area contributed by atoms with Gasteiger partial charge in [0.15, 0.2) is 0 Å². The zero-order valence-electron chi connectivity index (χ0n) is 11.3. The minimum absolute atomic E-state index is 0.00887. The summed E-state index contributed by atoms with van der Waals surface area (Å²) in [7, 11) is 0. The van der Waals surface area contributed by atoms with E-state index < -0.39 is 0 Å². The molecule has 3 nitrogen and oxygen atoms in total. The minimum Gasteiger partial charge on any atom is -0.372 e. The molecule has 96 valence electrons. The van der Waals surface area contributed by atoms with Crippen molar-refractivity contribution in [3.63, 3.8) is 0 Å². The monoisotopic (exact) mass is 229 g/mol. The largest absolute Gasteiger partial charge is 0.372 e. The Morgan fingerprint density at radius 3 is 2.50 bits per heavy atom. The summed E-state index contributed by atoms with van der Waals surface area (Å²) in [5.41, 5.74) is 0.192. The number of carbonyl (C=O) groups is 1. The second-order valence-corrected chi connectivity index (χ2v) is 5.04. The number of ether oxygens (including phenoxy) is 1. The third kappa shape index (κ3) is 8.72. The second kappa shape index (κ2) is 8.57. The number of carbonyl (C=O) groups excluding carboxylic acids is 1. The van der Waals surface area contributed by atoms with Crippen LogP contribution >= 0.6 is 0 Å². The molecule has 0 fully saturated rings. The average molecular weight is 229 g/mol. The van der Waals surface area contributed by atoms with Crippen molar-refractivity contribution in [1.82, 2.24) is 5.32 Å². The van der Waals surface area contributed by atoms with Crippen LogP contribution in [0.5, 0.6) is 0 Å². The van der Waals surface area contributed by atoms with Crippen LogP contribution in [0.25, 0.3) is 0 Å². The lowest BCUT2D eigenvalue weighted by molar-refractivity contribution is -0.126. The van der Waals surface area contributed by atoms with Crippen LogP contribution in [0.1, 0.15) is 53.4 Å². The van der Waals surface area contributed by atoms with Crippen molar-refractivity contribution in [2.24, 2.45) is 5.41 Å². The number of rotatable bonds is 9. The standard InChI is InChI=1S/C13H27NO2/c1-5-7-8-9-13(3,4)11-14-12(15)10-16-6-2/h5-11H2,1-4H3,(H,14,15). The lowest BCUT2D eigenvalue weighted by atomic mass is 9.87. The molecule has 0 unspecified atom stereocenters. The van der Waals surface area contributed by atoms with E-state index >= 15 is 0 Å². The Hall–Kier alpha value is -0.570. The van der Waals surface area contributed by atoms with E-state index in [1.807, 2.05) is 6.92 Å². The van der Waals surface area contributed by atoms with E-state index in [4.69, 9.17) is 4.74 Å². The van der Waals surface area contributed by atoms with Gasteiger partial charge in [-0.1, -0.05) is 40.0 Å². The van der Waals surface area contributed by atoms with Gasteiger partial charge >= 0.3 is 0 Å². The van der Waals surface area contributed by atoms with Gasteiger partial charge in [0.05, 0.1) is 0 Å². The predicted molar refractivity (Wildman–Crippen MR) is 67.4 cm³/mol. The first-order valence-corrected chi connectivity index (χ1v) is 6.36. The molecule has 0 aliphatic rings. The van der Waals surface area contributed by atoms with E-state index in [1.54, 1.807) is 0 Å². The summed E-state index contributed by atoms with van der Waals surface area (Å²) in [6.07, 6.45) is 4.92. The van der Waals surface area contributed by atoms with Gasteiger partial charge in [-0.05, 0) is 18.8 Å². The molecule has 0 aromatic heterocycles. The molecule has 1 amide bonds. The van der Waals surface area contributed by atoms with Crippen LogP contribution in [-0.4, -0.2) is 25.7 Å². The molecule has 1 N–H and O–H groups in total. The first-order valence-electron chi connectivity index (χ1n) is 6.36. The van der Waals surface area contributed by atoms with E-state index in [2.05, 4.69) is 26.1 Å². The van der Waals surface area contributed by atoms with Crippen LogP contribution in [0.15, 0.2) is 0 Å². The average Bonchev–Trinajstić information content (AvgIpc) is 2.24. The first-order chi connectivity index (χ1) is 7.52. The summed E-state index contributed by atoms with van der Waals surface area (Å²) in [4.78, 5) is 11.3. The van der Waals surface area contributed by atoms with Crippen molar-refractivity contribution in [2.75, 3.05) is 19.8 Å². The Bertz CT molecular complexity index is 190. The third-order valence-corrected chi connectivity index (χ3v) is 2.66. The number of unbranched alkanes of at least 4 members (excludes halogenated alkanes) is 2. The molecule has 0 bridgehead atoms. The van der Waals surface area contributed by atoms with Gasteiger partial charge in [0.1, 0.15) is 6.61 Å². The normalized spacial score (nSPS) is 11.5. The summed E-state index contributed by atoms with van der Waals surface area (Å²) >= 11 is 0. The zero-order valence-corrected chi connectivity index (χ0v) is 11.3. The van der Waals surface area contributed by atoms with Crippen LogP contribution in [0.2, 0.25) is 0 Å². The van der Waals surface area contributed by atoms with Crippen LogP contribution < -0.4 is 5.32 Å². The molecular weight excluding hydrogens is 202 g/mol. The number of hydrogen-bond acceptors (Lipinski definition) is 2. The van der Waals surface area contributed by atoms with Gasteiger partial charge in [-0.3, -0.25) is 4.79 Å². The van der Waals surface area contributed by atoms with E-state index in [0.717, 1.165) is 13.0 Å². The topological polar surface area (TPSA) is 38.3 Å². The quantitative estimate of drug-likeness (QED) is 0.617. The smallest absolute Gasteiger partial charge is 0.246 e. The van der Waals surface area contributed by atoms with E-state index in [1.165, 1.54) is 19.3 Å². The zero-order chi connectivity index (χ0) is 12.4. The molecule has 0 rings (SSSR count). The summed E-state index contributed by atoms with van der Waals surface area (Å²) in [6.45, 7) is 10.0. The fourth-order valence-electron chi connectivity index (χ4n) is 1.53. The van der Waals surface area contributed by atoms with Gasteiger partial charge in [-0.2, -0.15) is 0 Å². The molecule has 0 aliphatic carbocycles. The molecule has 0 spiro atoms. The maximum Gasteiger partial charge on any atom is 0.246 e. The van der Waals surface area contributed by atoms with Crippen LogP contribution in [0.3, 0.4) is 0 Å². The van der Waals surface area contributed by atoms with Crippen molar-refractivity contribution in [3.05, 3.63) is 0 Å². The molecule has 0 aromatic carbocycles. The number of nitrogens with one attached hydrogen (secondary N) is 1. The molecule has 0 radical (unpaired) electrons. The molecule has 0 atom stereocenters. The van der Waals surface area contributed by atoms with Crippen molar-refractivity contribution in [2.45, 2.75) is 53.4 Å². The summed E-state index contributed by atoms with van der Waals surface area (Å²) < 4.78 is 5.05. The van der Waals surface area contributed by atoms with Gasteiger partial charge in [0, 0.05) is 13.2 Å². The molecule has 0 heterocycles. The molecule has 0 saturated heterocycles. The number of amides is 1. The van der Waals surface area contributed by atoms with Gasteiger partial charge in [-0.25, -0.2) is 0 Å². The van der Waals surface area contributed by atoms with Crippen molar-refractivity contribution < 1.29 is 9.53 Å². The lowest BCUT2D eigenvalue weighted by Crippen LogP contribution is -2.36. The maximum absolute atomic E-state index is 11.3. The molecule has 16 heavy (non-hydrogen) atoms. The maximum atomic E-state index is 11.3. The Balaban J connectivity index is 3.67. The number of hydrogen-bond donors (Lipinski definition) is 1. The highest BCUT2D eigenvalue weighted by Crippen LogP contribution is 2.22. The Kier molecular flexibility index (Phi) is 8.26. The van der Waals surface area contributed by atoms with Crippen LogP contribution in [-0.2, 0) is 9.53 Å². The summed E-state index contributed by atoms with van der Waals surface area (Å²) in [5, 5.41) is 2.92. The fraction of sp³-hybridized carbons (Fsp3) is 0.923. The Labute approximate surface area is 99.9 Å². The molecule has 3 heteroatoms. The van der Waals surface area contributed by atoms with Crippen molar-refractivity contribution in [1.29, 1.82) is 0 Å². The van der Waals surface area contributed by atoms with Crippen molar-refractivity contribution >= 4 is 5.91 Å². The third-order valence-electron chi connectivity index (χ3n) is 2.66. The highest BCUT2D eigenvalue weighted by atomic mass is 16.5. The van der Waals surface area contributed by atoms with E-state index in [0.29, 0.717) is 6.61 Å². The van der Waals surface area contributed by atoms with E-state index in [-0.39, 0.29) is 17.9 Å². The SMILES string of the molecule is CCCCCC(C)(C)CNC(=O)COCC. The first kappa shape index (κ1) is 15.4. The molecule has 0 aliphatic heterocycles. The Morgan fingerprint density at radius 2 is 1.94 bits per heavy atom. The van der Waals surface area contributed by atoms with Crippen LogP contribution in [0, 0.1) is 5.41 Å². The fourth-order valence-corrected chi connectivity index (χ4v) is 1.53. The van der Waals surface area contributed by atoms with Gasteiger partial charge in [-0.15, -0.1) is 0 Å². The Morgan fingerprint density at radius 1 is 1.25 bits per heavy atom. The highest BCUT2D eigenvalue weighted by Gasteiger charge is 2.18. The van der Waals surface area contributed by atoms with Gasteiger partial charge in [0.25, 0.3) is 0 Å². The predicted octanol–water partition coefficient (Wildman–Crippen LogP) is 2.75. The summed E-state index contributed by atoms with van der Waals surface area (Å²) in [5.74, 6) is -0.00887. The van der Waals surface area contributed by atoms with Crippen LogP contribution in [0.4, 0.5) is 0 Å².